The molecule has 2 aromatic carbocycles. The summed E-state index contributed by atoms with van der Waals surface area (Å²) in [5.74, 6) is 0. The van der Waals surface area contributed by atoms with E-state index >= 15 is 0 Å². The minimum atomic E-state index is 0. The van der Waals surface area contributed by atoms with Gasteiger partial charge >= 0.3 is 17.1 Å². The molecule has 1 radical (unpaired) electrons. The van der Waals surface area contributed by atoms with Crippen LogP contribution in [0.25, 0.3) is 0 Å². The Morgan fingerprint density at radius 1 is 0.556 bits per heavy atom. The summed E-state index contributed by atoms with van der Waals surface area (Å²) in [5.41, 5.74) is 12.7. The number of aromatic nitrogens is 1. The maximum absolute atomic E-state index is 5.27. The van der Waals surface area contributed by atoms with Crippen LogP contribution in [0.3, 0.4) is 0 Å². The summed E-state index contributed by atoms with van der Waals surface area (Å²) < 4.78 is 0. The molecule has 7 heteroatoms. The quantitative estimate of drug-likeness (QED) is 0.166. The van der Waals surface area contributed by atoms with Gasteiger partial charge in [-0.3, -0.25) is 9.98 Å². The van der Waals surface area contributed by atoms with E-state index in [1.54, 1.807) is 0 Å². The fraction of sp³-hybridized carbons (Fsp3) is 0.500. The first-order chi connectivity index (χ1) is 19.9. The third-order valence-electron chi connectivity index (χ3n) is 7.88. The van der Waals surface area contributed by atoms with E-state index < -0.39 is 0 Å². The standard InChI is InChI=1S/C38H53N3.3ClH.Fe/c1-8-12-18-31-22-16-23-32(19-13-9-2)37(31)39-29(6)35-26-28(5)27-36(41-35)30(7)40-38-33(20-14-10-3)24-17-25-34(38)21-15-11-4;;;;/h16-17,22-27H,8-15,18-21H2,1-7H3;3*1H;/q;;;;+3/p-3. The zero-order valence-corrected chi connectivity index (χ0v) is 31.8. The minimum Gasteiger partial charge on any atom is -1.00 e. The predicted octanol–water partition coefficient (Wildman–Crippen LogP) is 2.05. The third-order valence-corrected chi connectivity index (χ3v) is 7.88. The van der Waals surface area contributed by atoms with Crippen LogP contribution in [0.2, 0.25) is 0 Å². The van der Waals surface area contributed by atoms with Gasteiger partial charge in [0.15, 0.2) is 0 Å². The van der Waals surface area contributed by atoms with Crippen molar-refractivity contribution in [1.29, 1.82) is 0 Å². The Morgan fingerprint density at radius 3 is 1.11 bits per heavy atom. The van der Waals surface area contributed by atoms with Gasteiger partial charge in [0.1, 0.15) is 0 Å². The van der Waals surface area contributed by atoms with Gasteiger partial charge in [0.25, 0.3) is 0 Å². The summed E-state index contributed by atoms with van der Waals surface area (Å²) in [6.45, 7) is 15.4. The molecular weight excluding hydrogens is 661 g/mol. The van der Waals surface area contributed by atoms with Crippen LogP contribution in [-0.2, 0) is 42.8 Å². The molecule has 0 amide bonds. The summed E-state index contributed by atoms with van der Waals surface area (Å²) in [4.78, 5) is 15.7. The Kier molecular flexibility index (Phi) is 24.7. The SMILES string of the molecule is CCCCc1cccc(CCCC)c1N=C(C)c1cc(C)cc(C(C)=Nc2c(CCCC)cccc2CCCC)n1.[Cl-].[Cl-].[Cl-].[Fe+3]. The van der Waals surface area contributed by atoms with Gasteiger partial charge in [-0.1, -0.05) is 89.8 Å². The van der Waals surface area contributed by atoms with E-state index in [4.69, 9.17) is 15.0 Å². The number of pyridine rings is 1. The van der Waals surface area contributed by atoms with Gasteiger partial charge in [-0.05, 0) is 112 Å². The molecule has 3 rings (SSSR count). The van der Waals surface area contributed by atoms with Crippen molar-refractivity contribution in [1.82, 2.24) is 4.98 Å². The van der Waals surface area contributed by atoms with Crippen LogP contribution in [0.15, 0.2) is 58.5 Å². The van der Waals surface area contributed by atoms with Gasteiger partial charge in [-0.2, -0.15) is 0 Å². The maximum atomic E-state index is 5.27. The van der Waals surface area contributed by atoms with Gasteiger partial charge in [0.2, 0.25) is 0 Å². The molecule has 0 aliphatic rings. The summed E-state index contributed by atoms with van der Waals surface area (Å²) >= 11 is 0. The molecule has 0 N–H and O–H groups in total. The van der Waals surface area contributed by atoms with Crippen LogP contribution in [0, 0.1) is 6.92 Å². The molecule has 0 saturated heterocycles. The largest absolute Gasteiger partial charge is 3.00 e. The van der Waals surface area contributed by atoms with E-state index in [0.717, 1.165) is 59.9 Å². The summed E-state index contributed by atoms with van der Waals surface area (Å²) in [6, 6.07) is 17.8. The zero-order chi connectivity index (χ0) is 29.6. The molecule has 0 aliphatic carbocycles. The number of aryl methyl sites for hydroxylation is 5. The molecule has 1 aromatic heterocycles. The zero-order valence-electron chi connectivity index (χ0n) is 28.4. The molecule has 0 saturated carbocycles. The Morgan fingerprint density at radius 2 is 0.844 bits per heavy atom. The molecule has 3 nitrogen and oxygen atoms in total. The number of hydrogen-bond donors (Lipinski definition) is 0. The van der Waals surface area contributed by atoms with Gasteiger partial charge in [0, 0.05) is 0 Å². The van der Waals surface area contributed by atoms with Crippen LogP contribution in [-0.4, -0.2) is 16.4 Å². The fourth-order valence-electron chi connectivity index (χ4n) is 5.34. The van der Waals surface area contributed by atoms with Crippen LogP contribution in [0.5, 0.6) is 0 Å². The summed E-state index contributed by atoms with van der Waals surface area (Å²) in [5, 5.41) is 0. The monoisotopic (exact) mass is 712 g/mol. The van der Waals surface area contributed by atoms with E-state index in [-0.39, 0.29) is 54.3 Å². The molecule has 0 aliphatic heterocycles. The number of aliphatic imine (C=N–C) groups is 2. The van der Waals surface area contributed by atoms with Crippen molar-refractivity contribution in [3.63, 3.8) is 0 Å². The molecule has 0 bridgehead atoms. The molecule has 249 valence electrons. The van der Waals surface area contributed by atoms with E-state index in [9.17, 15) is 0 Å². The smallest absolute Gasteiger partial charge is 1.00 e. The molecule has 0 unspecified atom stereocenters. The van der Waals surface area contributed by atoms with Crippen molar-refractivity contribution in [2.75, 3.05) is 0 Å². The van der Waals surface area contributed by atoms with E-state index in [1.165, 1.54) is 79.2 Å². The first kappa shape index (κ1) is 45.4. The number of halogens is 3. The molecule has 3 aromatic rings. The number of para-hydroxylation sites is 2. The van der Waals surface area contributed by atoms with E-state index in [1.807, 2.05) is 0 Å². The topological polar surface area (TPSA) is 37.6 Å². The minimum absolute atomic E-state index is 0. The molecule has 1 heterocycles. The van der Waals surface area contributed by atoms with Crippen molar-refractivity contribution in [3.05, 3.63) is 87.7 Å². The van der Waals surface area contributed by atoms with E-state index in [2.05, 4.69) is 97.0 Å². The molecule has 0 fully saturated rings. The second-order valence-electron chi connectivity index (χ2n) is 11.6. The van der Waals surface area contributed by atoms with Gasteiger partial charge in [-0.15, -0.1) is 0 Å². The Balaban J connectivity index is 0. The van der Waals surface area contributed by atoms with Crippen molar-refractivity contribution >= 4 is 22.8 Å². The van der Waals surface area contributed by atoms with Crippen molar-refractivity contribution < 1.29 is 54.3 Å². The molecule has 45 heavy (non-hydrogen) atoms. The number of unbranched alkanes of at least 4 members (excludes halogenated alkanes) is 4. The first-order valence-electron chi connectivity index (χ1n) is 16.2. The summed E-state index contributed by atoms with van der Waals surface area (Å²) in [6.07, 6.45) is 13.7. The average molecular weight is 714 g/mol. The summed E-state index contributed by atoms with van der Waals surface area (Å²) in [7, 11) is 0. The first-order valence-corrected chi connectivity index (χ1v) is 16.2. The van der Waals surface area contributed by atoms with Crippen LogP contribution >= 0.6 is 0 Å². The second-order valence-corrected chi connectivity index (χ2v) is 11.6. The number of benzene rings is 2. The van der Waals surface area contributed by atoms with Crippen molar-refractivity contribution in [3.8, 4) is 0 Å². The number of nitrogens with zero attached hydrogens (tertiary/aromatic N) is 3. The van der Waals surface area contributed by atoms with Crippen LogP contribution in [0.1, 0.15) is 132 Å². The molecule has 0 atom stereocenters. The maximum Gasteiger partial charge on any atom is 3.00 e. The normalized spacial score (nSPS) is 11.2. The Hall–Kier alpha value is -1.68. The predicted molar refractivity (Wildman–Crippen MR) is 180 cm³/mol. The van der Waals surface area contributed by atoms with Gasteiger partial charge in [-0.25, -0.2) is 4.98 Å². The molecule has 0 spiro atoms. The number of rotatable bonds is 16. The fourth-order valence-corrected chi connectivity index (χ4v) is 5.34. The van der Waals surface area contributed by atoms with Crippen molar-refractivity contribution in [2.24, 2.45) is 9.98 Å². The Labute approximate surface area is 303 Å². The van der Waals surface area contributed by atoms with Gasteiger partial charge in [0.05, 0.1) is 34.2 Å². The van der Waals surface area contributed by atoms with Crippen LogP contribution in [0.4, 0.5) is 11.4 Å². The second kappa shape index (κ2) is 24.5. The Bertz CT molecular complexity index is 1190. The number of hydrogen-bond acceptors (Lipinski definition) is 3. The van der Waals surface area contributed by atoms with Crippen LogP contribution < -0.4 is 37.2 Å². The van der Waals surface area contributed by atoms with Gasteiger partial charge < -0.3 is 37.2 Å². The molecular formula is C38H53Cl3FeN3. The van der Waals surface area contributed by atoms with E-state index in [0.29, 0.717) is 0 Å². The van der Waals surface area contributed by atoms with Crippen molar-refractivity contribution in [2.45, 2.75) is 126 Å². The third kappa shape index (κ3) is 13.9. The average Bonchev–Trinajstić information content (AvgIpc) is 2.98.